The number of imide groups is 1. The van der Waals surface area contributed by atoms with Crippen LogP contribution >= 0.6 is 0 Å². The summed E-state index contributed by atoms with van der Waals surface area (Å²) in [5.74, 6) is -1.08. The lowest BCUT2D eigenvalue weighted by Gasteiger charge is -2.23. The number of piperidine rings is 1. The molecule has 2 atom stereocenters. The first kappa shape index (κ1) is 19.3. The van der Waals surface area contributed by atoms with Gasteiger partial charge in [0, 0.05) is 19.3 Å². The summed E-state index contributed by atoms with van der Waals surface area (Å²) < 4.78 is 0. The van der Waals surface area contributed by atoms with Gasteiger partial charge in [-0.1, -0.05) is 17.7 Å². The summed E-state index contributed by atoms with van der Waals surface area (Å²) in [7, 11) is 0. The Morgan fingerprint density at radius 3 is 2.35 bits per heavy atom. The van der Waals surface area contributed by atoms with E-state index in [0.29, 0.717) is 5.57 Å². The van der Waals surface area contributed by atoms with E-state index in [9.17, 15) is 24.6 Å². The fraction of sp³-hybridized carbons (Fsp3) is 0.588. The Hall–Kier alpha value is -1.79. The summed E-state index contributed by atoms with van der Waals surface area (Å²) >= 11 is 0. The monoisotopic (exact) mass is 323 g/mol. The molecule has 0 aromatic heterocycles. The van der Waals surface area contributed by atoms with Crippen molar-refractivity contribution in [3.05, 3.63) is 23.3 Å². The van der Waals surface area contributed by atoms with E-state index in [-0.39, 0.29) is 49.2 Å². The second-order valence-electron chi connectivity index (χ2n) is 6.24. The molecule has 0 aromatic carbocycles. The molecule has 0 bridgehead atoms. The molecule has 1 saturated heterocycles. The summed E-state index contributed by atoms with van der Waals surface area (Å²) in [4.78, 5) is 34.7. The lowest BCUT2D eigenvalue weighted by Crippen LogP contribution is -2.39. The van der Waals surface area contributed by atoms with Crippen LogP contribution in [0.1, 0.15) is 46.5 Å². The Bertz CT molecular complexity index is 517. The zero-order valence-corrected chi connectivity index (χ0v) is 13.8. The number of carbonyl (C=O) groups is 3. The topological polar surface area (TPSA) is 104 Å². The largest absolute Gasteiger partial charge is 0.393 e. The van der Waals surface area contributed by atoms with E-state index in [2.05, 4.69) is 5.32 Å². The smallest absolute Gasteiger partial charge is 0.226 e. The molecule has 1 unspecified atom stereocenters. The number of rotatable bonds is 7. The van der Waals surface area contributed by atoms with Crippen LogP contribution in [-0.2, 0) is 14.4 Å². The zero-order chi connectivity index (χ0) is 17.6. The van der Waals surface area contributed by atoms with Gasteiger partial charge in [0.1, 0.15) is 0 Å². The van der Waals surface area contributed by atoms with E-state index in [0.717, 1.165) is 5.57 Å². The molecule has 6 heteroatoms. The number of hydrogen-bond donors (Lipinski definition) is 3. The van der Waals surface area contributed by atoms with Gasteiger partial charge in [0.15, 0.2) is 5.78 Å². The third-order valence-electron chi connectivity index (χ3n) is 3.64. The molecule has 1 aliphatic heterocycles. The van der Waals surface area contributed by atoms with Gasteiger partial charge >= 0.3 is 0 Å². The van der Waals surface area contributed by atoms with Crippen LogP contribution in [0.15, 0.2) is 23.3 Å². The molecule has 1 aliphatic rings. The maximum absolute atomic E-state index is 12.1. The molecule has 128 valence electrons. The average molecular weight is 323 g/mol. The van der Waals surface area contributed by atoms with Gasteiger partial charge in [-0.3, -0.25) is 19.7 Å². The molecule has 2 amide bonds. The molecule has 0 radical (unpaired) electrons. The lowest BCUT2D eigenvalue weighted by atomic mass is 9.89. The Labute approximate surface area is 136 Å². The van der Waals surface area contributed by atoms with Crippen molar-refractivity contribution in [1.29, 1.82) is 0 Å². The van der Waals surface area contributed by atoms with Gasteiger partial charge in [-0.05, 0) is 38.7 Å². The van der Waals surface area contributed by atoms with Gasteiger partial charge in [0.25, 0.3) is 0 Å². The van der Waals surface area contributed by atoms with Crippen LogP contribution in [0.3, 0.4) is 0 Å². The molecule has 1 fully saturated rings. The standard InChI is InChI=1S/C17H25NO5/c1-10(5-12(3)19)4-11(2)15(21)9-14(20)6-13-7-16(22)18-17(23)8-13/h4-5,12-14,19-20H,6-9H2,1-3H3,(H,18,22,23)/b10-5+,11-4+/t12?,14-/m1/s1. The second-order valence-corrected chi connectivity index (χ2v) is 6.24. The van der Waals surface area contributed by atoms with E-state index < -0.39 is 12.2 Å². The van der Waals surface area contributed by atoms with E-state index in [1.165, 1.54) is 0 Å². The van der Waals surface area contributed by atoms with Gasteiger partial charge in [-0.2, -0.15) is 0 Å². The van der Waals surface area contributed by atoms with Crippen LogP contribution in [0.25, 0.3) is 0 Å². The maximum Gasteiger partial charge on any atom is 0.226 e. The highest BCUT2D eigenvalue weighted by Crippen LogP contribution is 2.21. The second kappa shape index (κ2) is 8.74. The first-order valence-corrected chi connectivity index (χ1v) is 7.76. The molecule has 3 N–H and O–H groups in total. The molecular formula is C17H25NO5. The van der Waals surface area contributed by atoms with Crippen molar-refractivity contribution in [2.75, 3.05) is 0 Å². The maximum atomic E-state index is 12.1. The van der Waals surface area contributed by atoms with Gasteiger partial charge in [0.2, 0.25) is 11.8 Å². The number of allylic oxidation sites excluding steroid dienone is 3. The third kappa shape index (κ3) is 7.34. The van der Waals surface area contributed by atoms with Crippen molar-refractivity contribution >= 4 is 17.6 Å². The number of hydrogen-bond acceptors (Lipinski definition) is 5. The van der Waals surface area contributed by atoms with E-state index in [1.807, 2.05) is 0 Å². The minimum Gasteiger partial charge on any atom is -0.393 e. The average Bonchev–Trinajstić information content (AvgIpc) is 2.35. The summed E-state index contributed by atoms with van der Waals surface area (Å²) in [6.07, 6.45) is 2.42. The third-order valence-corrected chi connectivity index (χ3v) is 3.64. The highest BCUT2D eigenvalue weighted by Gasteiger charge is 2.27. The molecular weight excluding hydrogens is 298 g/mol. The van der Waals surface area contributed by atoms with Gasteiger partial charge in [-0.25, -0.2) is 0 Å². The summed E-state index contributed by atoms with van der Waals surface area (Å²) in [5, 5.41) is 21.5. The molecule has 0 saturated carbocycles. The molecule has 1 rings (SSSR count). The van der Waals surface area contributed by atoms with Crippen LogP contribution in [0.2, 0.25) is 0 Å². The van der Waals surface area contributed by atoms with Gasteiger partial charge in [0.05, 0.1) is 12.2 Å². The summed E-state index contributed by atoms with van der Waals surface area (Å²) in [5.41, 5.74) is 1.27. The number of aliphatic hydroxyl groups is 2. The SMILES string of the molecule is CC(=C\C(C)O)/C=C(\C)C(=O)C[C@H](O)CC1CC(=O)NC(=O)C1. The Balaban J connectivity index is 2.54. The highest BCUT2D eigenvalue weighted by atomic mass is 16.3. The minimum atomic E-state index is -0.879. The normalized spacial score (nSPS) is 20.2. The number of carbonyl (C=O) groups excluding carboxylic acids is 3. The predicted octanol–water partition coefficient (Wildman–Crippen LogP) is 1.02. The molecule has 0 aromatic rings. The number of amides is 2. The van der Waals surface area contributed by atoms with E-state index in [1.54, 1.807) is 32.9 Å². The van der Waals surface area contributed by atoms with Crippen LogP contribution in [0, 0.1) is 5.92 Å². The van der Waals surface area contributed by atoms with Crippen molar-refractivity contribution in [2.24, 2.45) is 5.92 Å². The quantitative estimate of drug-likeness (QED) is 0.369. The number of Topliss-reactive ketones (excluding diaryl/α,β-unsaturated/α-hetero) is 1. The molecule has 0 spiro atoms. The van der Waals surface area contributed by atoms with Gasteiger partial charge in [-0.15, -0.1) is 0 Å². The number of ketones is 1. The lowest BCUT2D eigenvalue weighted by molar-refractivity contribution is -0.135. The van der Waals surface area contributed by atoms with Crippen molar-refractivity contribution in [2.45, 2.75) is 58.7 Å². The van der Waals surface area contributed by atoms with E-state index >= 15 is 0 Å². The van der Waals surface area contributed by atoms with Crippen molar-refractivity contribution in [3.63, 3.8) is 0 Å². The van der Waals surface area contributed by atoms with Gasteiger partial charge < -0.3 is 10.2 Å². The Kier molecular flexibility index (Phi) is 7.32. The number of aliphatic hydroxyl groups excluding tert-OH is 2. The predicted molar refractivity (Wildman–Crippen MR) is 85.3 cm³/mol. The van der Waals surface area contributed by atoms with E-state index in [4.69, 9.17) is 0 Å². The van der Waals surface area contributed by atoms with Crippen LogP contribution in [-0.4, -0.2) is 40.0 Å². The van der Waals surface area contributed by atoms with Crippen molar-refractivity contribution < 1.29 is 24.6 Å². The summed E-state index contributed by atoms with van der Waals surface area (Å²) in [6, 6.07) is 0. The first-order chi connectivity index (χ1) is 10.7. The minimum absolute atomic E-state index is 0.0450. The Morgan fingerprint density at radius 1 is 1.26 bits per heavy atom. The van der Waals surface area contributed by atoms with Crippen LogP contribution < -0.4 is 5.32 Å². The highest BCUT2D eigenvalue weighted by molar-refractivity contribution is 5.98. The fourth-order valence-electron chi connectivity index (χ4n) is 2.71. The zero-order valence-electron chi connectivity index (χ0n) is 13.8. The summed E-state index contributed by atoms with van der Waals surface area (Å²) in [6.45, 7) is 5.07. The molecule has 6 nitrogen and oxygen atoms in total. The Morgan fingerprint density at radius 2 is 1.83 bits per heavy atom. The van der Waals surface area contributed by atoms with Crippen LogP contribution in [0.4, 0.5) is 0 Å². The van der Waals surface area contributed by atoms with Crippen molar-refractivity contribution in [3.8, 4) is 0 Å². The molecule has 1 heterocycles. The first-order valence-electron chi connectivity index (χ1n) is 7.76. The molecule has 0 aliphatic carbocycles. The molecule has 23 heavy (non-hydrogen) atoms. The van der Waals surface area contributed by atoms with Crippen molar-refractivity contribution in [1.82, 2.24) is 5.32 Å². The van der Waals surface area contributed by atoms with Crippen LogP contribution in [0.5, 0.6) is 0 Å². The number of nitrogens with one attached hydrogen (secondary N) is 1. The fourth-order valence-corrected chi connectivity index (χ4v) is 2.71.